The third kappa shape index (κ3) is 3.60. The topological polar surface area (TPSA) is 118 Å². The molecule has 0 saturated heterocycles. The number of hydrogen-bond donors (Lipinski definition) is 2. The molecule has 2 N–H and O–H groups in total. The van der Waals surface area contributed by atoms with Gasteiger partial charge in [-0.2, -0.15) is 0 Å². The minimum Gasteiger partial charge on any atom is -0.462 e. The molecular weight excluding hydrogens is 496 g/mol. The highest BCUT2D eigenvalue weighted by Crippen LogP contribution is 2.88. The van der Waals surface area contributed by atoms with E-state index in [0.717, 1.165) is 32.1 Å². The normalized spacial score (nSPS) is 48.5. The Bertz CT molecular complexity index is 1080. The fourth-order valence-corrected chi connectivity index (χ4v) is 11.2. The van der Waals surface area contributed by atoms with E-state index in [9.17, 15) is 29.4 Å². The second kappa shape index (κ2) is 9.20. The second-order valence-corrected chi connectivity index (χ2v) is 14.8. The number of aliphatic hydroxyl groups is 2. The minimum atomic E-state index is -0.613. The molecule has 7 nitrogen and oxygen atoms in total. The summed E-state index contributed by atoms with van der Waals surface area (Å²) in [6, 6.07) is 0. The van der Waals surface area contributed by atoms with Crippen molar-refractivity contribution in [2.45, 2.75) is 106 Å². The third-order valence-corrected chi connectivity index (χ3v) is 13.6. The van der Waals surface area contributed by atoms with Gasteiger partial charge in [0.05, 0.1) is 6.10 Å². The van der Waals surface area contributed by atoms with Crippen LogP contribution in [0.2, 0.25) is 0 Å². The number of rotatable bonds is 7. The summed E-state index contributed by atoms with van der Waals surface area (Å²) in [7, 11) is 0. The van der Waals surface area contributed by atoms with Gasteiger partial charge in [0.15, 0.2) is 0 Å². The highest BCUT2D eigenvalue weighted by atomic mass is 16.5. The van der Waals surface area contributed by atoms with Crippen molar-refractivity contribution >= 4 is 23.3 Å². The maximum absolute atomic E-state index is 13.7. The largest absolute Gasteiger partial charge is 0.462 e. The molecule has 13 unspecified atom stereocenters. The average Bonchev–Trinajstić information content (AvgIpc) is 3.52. The molecule has 218 valence electrons. The van der Waals surface area contributed by atoms with Gasteiger partial charge in [0.25, 0.3) is 0 Å². The fraction of sp³-hybridized carbons (Fsp3) is 0.875. The smallest absolute Gasteiger partial charge is 0.302 e. The van der Waals surface area contributed by atoms with Gasteiger partial charge in [-0.25, -0.2) is 0 Å². The lowest BCUT2D eigenvalue weighted by atomic mass is 9.42. The molecule has 13 atom stereocenters. The highest BCUT2D eigenvalue weighted by molar-refractivity contribution is 6.38. The number of ketones is 3. The molecule has 5 aliphatic carbocycles. The van der Waals surface area contributed by atoms with Gasteiger partial charge in [-0.1, -0.05) is 41.5 Å². The van der Waals surface area contributed by atoms with Gasteiger partial charge in [0, 0.05) is 49.0 Å². The number of carbonyl (C=O) groups excluding carboxylic acids is 4. The van der Waals surface area contributed by atoms with Crippen LogP contribution in [0.25, 0.3) is 0 Å². The highest BCUT2D eigenvalue weighted by Gasteiger charge is 2.84. The summed E-state index contributed by atoms with van der Waals surface area (Å²) in [5.74, 6) is -2.38. The molecule has 0 amide bonds. The van der Waals surface area contributed by atoms with Crippen molar-refractivity contribution in [3.63, 3.8) is 0 Å². The monoisotopic (exact) mass is 544 g/mol. The van der Waals surface area contributed by atoms with E-state index in [1.54, 1.807) is 13.8 Å². The summed E-state index contributed by atoms with van der Waals surface area (Å²) in [6.45, 7) is 13.1. The standard InChI is InChI=1S/C32H48O7/c1-16(14-33)17(2)27(37)28(38)19(4)26-23(39-20(5)34)13-30(7)24-9-8-21-18(3)22(35)12-25(36)32(21)15-31(24,32)11-10-29(26,30)6/h16-19,21,23-26,33,36H,8-15H2,1-7H3. The Morgan fingerprint density at radius 3 is 2.33 bits per heavy atom. The van der Waals surface area contributed by atoms with E-state index in [2.05, 4.69) is 13.8 Å². The molecule has 0 radical (unpaired) electrons. The van der Waals surface area contributed by atoms with E-state index >= 15 is 0 Å². The Morgan fingerprint density at radius 1 is 1.05 bits per heavy atom. The van der Waals surface area contributed by atoms with Gasteiger partial charge in [0.2, 0.25) is 11.6 Å². The number of aliphatic hydroxyl groups excluding tert-OH is 2. The van der Waals surface area contributed by atoms with E-state index in [0.29, 0.717) is 12.3 Å². The van der Waals surface area contributed by atoms with Crippen LogP contribution >= 0.6 is 0 Å². The van der Waals surface area contributed by atoms with Crippen LogP contribution in [-0.4, -0.2) is 52.3 Å². The molecule has 39 heavy (non-hydrogen) atoms. The summed E-state index contributed by atoms with van der Waals surface area (Å²) < 4.78 is 5.97. The number of hydrogen-bond acceptors (Lipinski definition) is 7. The van der Waals surface area contributed by atoms with Crippen molar-refractivity contribution in [2.75, 3.05) is 6.61 Å². The lowest BCUT2D eigenvalue weighted by Gasteiger charge is -2.61. The van der Waals surface area contributed by atoms with E-state index in [-0.39, 0.29) is 70.1 Å². The number of fused-ring (bicyclic) bond motifs is 2. The Hall–Kier alpha value is -1.60. The Balaban J connectivity index is 1.51. The van der Waals surface area contributed by atoms with Crippen molar-refractivity contribution in [1.29, 1.82) is 0 Å². The molecule has 5 saturated carbocycles. The third-order valence-electron chi connectivity index (χ3n) is 13.6. The van der Waals surface area contributed by atoms with Crippen LogP contribution in [0.1, 0.15) is 93.4 Å². The van der Waals surface area contributed by atoms with Crippen LogP contribution < -0.4 is 0 Å². The van der Waals surface area contributed by atoms with Crippen LogP contribution in [0, 0.1) is 63.1 Å². The molecule has 0 aliphatic heterocycles. The van der Waals surface area contributed by atoms with Crippen molar-refractivity contribution in [2.24, 2.45) is 63.1 Å². The molecule has 0 aromatic carbocycles. The van der Waals surface area contributed by atoms with E-state index in [4.69, 9.17) is 4.74 Å². The zero-order valence-corrected chi connectivity index (χ0v) is 24.8. The molecule has 0 aromatic rings. The van der Waals surface area contributed by atoms with Crippen LogP contribution in [0.15, 0.2) is 0 Å². The van der Waals surface area contributed by atoms with Crippen LogP contribution in [0.5, 0.6) is 0 Å². The summed E-state index contributed by atoms with van der Waals surface area (Å²) in [4.78, 5) is 51.9. The number of ether oxygens (including phenoxy) is 1. The van der Waals surface area contributed by atoms with Gasteiger partial charge >= 0.3 is 5.97 Å². The zero-order chi connectivity index (χ0) is 28.9. The van der Waals surface area contributed by atoms with E-state index in [1.165, 1.54) is 6.92 Å². The first-order valence-electron chi connectivity index (χ1n) is 15.2. The molecule has 0 aromatic heterocycles. The number of Topliss-reactive ketones (excluding diaryl/α,β-unsaturated/α-hetero) is 3. The Kier molecular flexibility index (Phi) is 6.82. The van der Waals surface area contributed by atoms with Crippen molar-refractivity contribution in [3.05, 3.63) is 0 Å². The van der Waals surface area contributed by atoms with Gasteiger partial charge in [-0.15, -0.1) is 0 Å². The average molecular weight is 545 g/mol. The molecule has 2 spiro atoms. The minimum absolute atomic E-state index is 0.0214. The molecule has 5 rings (SSSR count). The Labute approximate surface area is 232 Å². The molecule has 0 bridgehead atoms. The van der Waals surface area contributed by atoms with Crippen LogP contribution in [0.3, 0.4) is 0 Å². The number of esters is 1. The maximum Gasteiger partial charge on any atom is 0.302 e. The first kappa shape index (κ1) is 28.9. The predicted octanol–water partition coefficient (Wildman–Crippen LogP) is 4.16. The van der Waals surface area contributed by atoms with Crippen molar-refractivity contribution in [3.8, 4) is 0 Å². The summed E-state index contributed by atoms with van der Waals surface area (Å²) in [5, 5.41) is 21.0. The first-order chi connectivity index (χ1) is 18.1. The predicted molar refractivity (Wildman–Crippen MR) is 144 cm³/mol. The summed E-state index contributed by atoms with van der Waals surface area (Å²) >= 11 is 0. The fourth-order valence-electron chi connectivity index (χ4n) is 11.2. The lowest BCUT2D eigenvalue weighted by Crippen LogP contribution is -2.58. The molecule has 5 aliphatic rings. The number of carbonyl (C=O) groups is 4. The van der Waals surface area contributed by atoms with Gasteiger partial charge < -0.3 is 14.9 Å². The van der Waals surface area contributed by atoms with Gasteiger partial charge in [-0.05, 0) is 72.5 Å². The molecule has 0 heterocycles. The lowest BCUT2D eigenvalue weighted by molar-refractivity contribution is -0.167. The second-order valence-electron chi connectivity index (χ2n) is 14.8. The van der Waals surface area contributed by atoms with Crippen molar-refractivity contribution in [1.82, 2.24) is 0 Å². The SMILES string of the molecule is CC(=O)OC1CC2(C)C3CCC4C(C)C(=O)CC(O)C45CC35CCC2(C)C1C(C)C(=O)C(=O)C(C)C(C)CO. The molecular formula is C32H48O7. The van der Waals surface area contributed by atoms with E-state index < -0.39 is 35.6 Å². The maximum atomic E-state index is 13.7. The molecule has 5 fully saturated rings. The van der Waals surface area contributed by atoms with Crippen LogP contribution in [-0.2, 0) is 23.9 Å². The molecule has 7 heteroatoms. The van der Waals surface area contributed by atoms with Crippen molar-refractivity contribution < 1.29 is 34.1 Å². The van der Waals surface area contributed by atoms with Gasteiger partial charge in [0.1, 0.15) is 11.9 Å². The summed E-state index contributed by atoms with van der Waals surface area (Å²) in [5.41, 5.74) is -0.809. The quantitative estimate of drug-likeness (QED) is 0.365. The van der Waals surface area contributed by atoms with Gasteiger partial charge in [-0.3, -0.25) is 19.2 Å². The Morgan fingerprint density at radius 2 is 1.72 bits per heavy atom. The van der Waals surface area contributed by atoms with Crippen LogP contribution in [0.4, 0.5) is 0 Å². The summed E-state index contributed by atoms with van der Waals surface area (Å²) in [6.07, 6.45) is 4.41. The van der Waals surface area contributed by atoms with E-state index in [1.807, 2.05) is 13.8 Å². The zero-order valence-electron chi connectivity index (χ0n) is 24.8. The first-order valence-corrected chi connectivity index (χ1v) is 15.2.